The van der Waals surface area contributed by atoms with Gasteiger partial charge in [0.2, 0.25) is 0 Å². The standard InChI is InChI=1S/C14H22BrNO2/c1-5-18-13-7-6-11(8-12(13)15)14(16(3)4)10(2)9-17/h6-8,10,14,17H,5,9H2,1-4H3. The fraction of sp³-hybridized carbons (Fsp3) is 0.571. The Morgan fingerprint density at radius 3 is 2.50 bits per heavy atom. The van der Waals surface area contributed by atoms with Gasteiger partial charge in [0.05, 0.1) is 11.1 Å². The first-order valence-corrected chi connectivity index (χ1v) is 7.00. The molecule has 0 aliphatic carbocycles. The lowest BCUT2D eigenvalue weighted by Crippen LogP contribution is -2.27. The molecule has 1 N–H and O–H groups in total. The molecule has 0 saturated heterocycles. The molecule has 0 bridgehead atoms. The van der Waals surface area contributed by atoms with Crippen molar-refractivity contribution in [3.05, 3.63) is 28.2 Å². The van der Waals surface area contributed by atoms with Gasteiger partial charge in [-0.3, -0.25) is 0 Å². The molecule has 0 radical (unpaired) electrons. The first-order valence-electron chi connectivity index (χ1n) is 6.20. The van der Waals surface area contributed by atoms with Gasteiger partial charge in [0.1, 0.15) is 5.75 Å². The Balaban J connectivity index is 3.03. The molecule has 0 aliphatic rings. The van der Waals surface area contributed by atoms with Gasteiger partial charge in [-0.25, -0.2) is 0 Å². The van der Waals surface area contributed by atoms with Gasteiger partial charge >= 0.3 is 0 Å². The second kappa shape index (κ2) is 7.12. The first-order chi connectivity index (χ1) is 8.51. The largest absolute Gasteiger partial charge is 0.493 e. The summed E-state index contributed by atoms with van der Waals surface area (Å²) in [6, 6.07) is 6.31. The average Bonchev–Trinajstić information content (AvgIpc) is 2.32. The van der Waals surface area contributed by atoms with Crippen molar-refractivity contribution in [3.8, 4) is 5.75 Å². The number of hydrogen-bond donors (Lipinski definition) is 1. The summed E-state index contributed by atoms with van der Waals surface area (Å²) in [5, 5.41) is 9.36. The minimum Gasteiger partial charge on any atom is -0.493 e. The Kier molecular flexibility index (Phi) is 6.12. The van der Waals surface area contributed by atoms with Gasteiger partial charge < -0.3 is 14.7 Å². The summed E-state index contributed by atoms with van der Waals surface area (Å²) >= 11 is 3.53. The fourth-order valence-corrected chi connectivity index (χ4v) is 2.72. The zero-order chi connectivity index (χ0) is 13.7. The number of benzene rings is 1. The minimum atomic E-state index is 0.174. The third-order valence-corrected chi connectivity index (χ3v) is 3.60. The predicted molar refractivity (Wildman–Crippen MR) is 78.0 cm³/mol. The number of aliphatic hydroxyl groups is 1. The Morgan fingerprint density at radius 1 is 1.39 bits per heavy atom. The first kappa shape index (κ1) is 15.5. The highest BCUT2D eigenvalue weighted by molar-refractivity contribution is 9.10. The molecule has 0 aliphatic heterocycles. The highest BCUT2D eigenvalue weighted by Gasteiger charge is 2.21. The summed E-state index contributed by atoms with van der Waals surface area (Å²) in [5.41, 5.74) is 1.18. The third-order valence-electron chi connectivity index (χ3n) is 2.98. The van der Waals surface area contributed by atoms with E-state index < -0.39 is 0 Å². The molecule has 102 valence electrons. The topological polar surface area (TPSA) is 32.7 Å². The maximum absolute atomic E-state index is 9.36. The molecule has 4 heteroatoms. The zero-order valence-corrected chi connectivity index (χ0v) is 13.1. The van der Waals surface area contributed by atoms with Crippen LogP contribution >= 0.6 is 15.9 Å². The zero-order valence-electron chi connectivity index (χ0n) is 11.5. The number of hydrogen-bond acceptors (Lipinski definition) is 3. The van der Waals surface area contributed by atoms with E-state index in [1.165, 1.54) is 5.56 Å². The van der Waals surface area contributed by atoms with Crippen LogP contribution in [0.15, 0.2) is 22.7 Å². The summed E-state index contributed by atoms with van der Waals surface area (Å²) in [6.07, 6.45) is 0. The molecule has 2 atom stereocenters. The molecule has 3 nitrogen and oxygen atoms in total. The van der Waals surface area contributed by atoms with Crippen molar-refractivity contribution in [2.45, 2.75) is 19.9 Å². The van der Waals surface area contributed by atoms with E-state index in [9.17, 15) is 5.11 Å². The van der Waals surface area contributed by atoms with Gasteiger partial charge in [-0.2, -0.15) is 0 Å². The van der Waals surface area contributed by atoms with Crippen LogP contribution in [0.4, 0.5) is 0 Å². The van der Waals surface area contributed by atoms with Crippen LogP contribution < -0.4 is 4.74 Å². The Hall–Kier alpha value is -0.580. The number of halogens is 1. The quantitative estimate of drug-likeness (QED) is 0.875. The molecule has 1 aromatic carbocycles. The van der Waals surface area contributed by atoms with Crippen LogP contribution in [0, 0.1) is 5.92 Å². The van der Waals surface area contributed by atoms with Crippen LogP contribution in [0.25, 0.3) is 0 Å². The monoisotopic (exact) mass is 315 g/mol. The summed E-state index contributed by atoms with van der Waals surface area (Å²) in [4.78, 5) is 2.13. The molecule has 0 saturated carbocycles. The van der Waals surface area contributed by atoms with E-state index in [-0.39, 0.29) is 18.6 Å². The van der Waals surface area contributed by atoms with Gasteiger partial charge in [-0.05, 0) is 60.6 Å². The number of ether oxygens (including phenoxy) is 1. The van der Waals surface area contributed by atoms with Gasteiger partial charge in [-0.15, -0.1) is 0 Å². The van der Waals surface area contributed by atoms with E-state index in [0.29, 0.717) is 6.61 Å². The Bertz CT molecular complexity index is 382. The summed E-state index contributed by atoms with van der Waals surface area (Å²) in [5.74, 6) is 1.04. The number of nitrogens with zero attached hydrogens (tertiary/aromatic N) is 1. The average molecular weight is 316 g/mol. The van der Waals surface area contributed by atoms with Crippen LogP contribution in [0.3, 0.4) is 0 Å². The molecule has 1 aromatic rings. The normalized spacial score (nSPS) is 14.6. The second-order valence-electron chi connectivity index (χ2n) is 4.69. The molecule has 18 heavy (non-hydrogen) atoms. The number of aliphatic hydroxyl groups excluding tert-OH is 1. The van der Waals surface area contributed by atoms with Gasteiger partial charge in [0.25, 0.3) is 0 Å². The molecule has 0 heterocycles. The molecular formula is C14H22BrNO2. The van der Waals surface area contributed by atoms with Gasteiger partial charge in [-0.1, -0.05) is 13.0 Å². The highest BCUT2D eigenvalue weighted by atomic mass is 79.9. The van der Waals surface area contributed by atoms with Crippen LogP contribution in [-0.4, -0.2) is 37.3 Å². The van der Waals surface area contributed by atoms with Crippen molar-refractivity contribution in [1.29, 1.82) is 0 Å². The molecule has 0 aromatic heterocycles. The molecule has 0 amide bonds. The molecular weight excluding hydrogens is 294 g/mol. The van der Waals surface area contributed by atoms with Gasteiger partial charge in [0, 0.05) is 12.6 Å². The minimum absolute atomic E-state index is 0.174. The van der Waals surface area contributed by atoms with Crippen molar-refractivity contribution in [3.63, 3.8) is 0 Å². The van der Waals surface area contributed by atoms with Crippen molar-refractivity contribution >= 4 is 15.9 Å². The smallest absolute Gasteiger partial charge is 0.133 e. The van der Waals surface area contributed by atoms with E-state index in [2.05, 4.69) is 39.9 Å². The van der Waals surface area contributed by atoms with Gasteiger partial charge in [0.15, 0.2) is 0 Å². The molecule has 1 rings (SSSR count). The summed E-state index contributed by atoms with van der Waals surface area (Å²) < 4.78 is 6.47. The SMILES string of the molecule is CCOc1ccc(C(C(C)CO)N(C)C)cc1Br. The predicted octanol–water partition coefficient (Wildman–Crippen LogP) is 3.08. The van der Waals surface area contributed by atoms with Crippen molar-refractivity contribution in [2.75, 3.05) is 27.3 Å². The van der Waals surface area contributed by atoms with E-state index in [0.717, 1.165) is 10.2 Å². The van der Waals surface area contributed by atoms with Crippen molar-refractivity contribution in [2.24, 2.45) is 5.92 Å². The van der Waals surface area contributed by atoms with E-state index >= 15 is 0 Å². The molecule has 0 fully saturated rings. The van der Waals surface area contributed by atoms with Crippen molar-refractivity contribution in [1.82, 2.24) is 4.90 Å². The lowest BCUT2D eigenvalue weighted by Gasteiger charge is -2.29. The maximum Gasteiger partial charge on any atom is 0.133 e. The second-order valence-corrected chi connectivity index (χ2v) is 5.55. The summed E-state index contributed by atoms with van der Waals surface area (Å²) in [6.45, 7) is 4.85. The van der Waals surface area contributed by atoms with Crippen molar-refractivity contribution < 1.29 is 9.84 Å². The lowest BCUT2D eigenvalue weighted by molar-refractivity contribution is 0.145. The van der Waals surface area contributed by atoms with E-state index in [1.807, 2.05) is 27.1 Å². The molecule has 0 spiro atoms. The summed E-state index contributed by atoms with van der Waals surface area (Å²) in [7, 11) is 4.06. The van der Waals surface area contributed by atoms with E-state index in [1.54, 1.807) is 0 Å². The third kappa shape index (κ3) is 3.70. The number of rotatable bonds is 6. The van der Waals surface area contributed by atoms with Crippen LogP contribution in [0.2, 0.25) is 0 Å². The highest BCUT2D eigenvalue weighted by Crippen LogP contribution is 2.33. The Morgan fingerprint density at radius 2 is 2.06 bits per heavy atom. The van der Waals surface area contributed by atoms with E-state index in [4.69, 9.17) is 4.74 Å². The van der Waals surface area contributed by atoms with Crippen LogP contribution in [0.1, 0.15) is 25.5 Å². The Labute approximate surface area is 118 Å². The molecule has 2 unspecified atom stereocenters. The van der Waals surface area contributed by atoms with Crippen LogP contribution in [-0.2, 0) is 0 Å². The fourth-order valence-electron chi connectivity index (χ4n) is 2.21. The van der Waals surface area contributed by atoms with Crippen LogP contribution in [0.5, 0.6) is 5.75 Å². The maximum atomic E-state index is 9.36. The lowest BCUT2D eigenvalue weighted by atomic mass is 9.94.